The van der Waals surface area contributed by atoms with Gasteiger partial charge in [0.15, 0.2) is 6.61 Å². The van der Waals surface area contributed by atoms with Crippen molar-refractivity contribution >= 4 is 11.9 Å². The van der Waals surface area contributed by atoms with Crippen molar-refractivity contribution in [2.24, 2.45) is 0 Å². The summed E-state index contributed by atoms with van der Waals surface area (Å²) in [5, 5.41) is 2.65. The van der Waals surface area contributed by atoms with E-state index in [0.29, 0.717) is 17.1 Å². The van der Waals surface area contributed by atoms with Crippen LogP contribution in [0.15, 0.2) is 54.6 Å². The van der Waals surface area contributed by atoms with E-state index in [1.165, 1.54) is 0 Å². The fourth-order valence-corrected chi connectivity index (χ4v) is 1.89. The second kappa shape index (κ2) is 7.98. The zero-order valence-electron chi connectivity index (χ0n) is 13.1. The Hall–Kier alpha value is -2.82. The summed E-state index contributed by atoms with van der Waals surface area (Å²) in [6.45, 7) is 3.37. The van der Waals surface area contributed by atoms with Crippen molar-refractivity contribution in [3.05, 3.63) is 60.2 Å². The number of amides is 1. The normalized spacial score (nSPS) is 10.2. The highest BCUT2D eigenvalue weighted by Gasteiger charge is 2.11. The molecule has 0 saturated carbocycles. The predicted molar refractivity (Wildman–Crippen MR) is 86.5 cm³/mol. The largest absolute Gasteiger partial charge is 0.457 e. The molecule has 2 aromatic carbocycles. The average Bonchev–Trinajstić information content (AvgIpc) is 2.53. The van der Waals surface area contributed by atoms with E-state index in [2.05, 4.69) is 5.32 Å². The Morgan fingerprint density at radius 2 is 1.70 bits per heavy atom. The topological polar surface area (TPSA) is 64.6 Å². The molecule has 0 fully saturated rings. The molecule has 2 rings (SSSR count). The smallest absolute Gasteiger partial charge is 0.338 e. The van der Waals surface area contributed by atoms with Gasteiger partial charge in [-0.1, -0.05) is 24.3 Å². The predicted octanol–water partition coefficient (Wildman–Crippen LogP) is 3.16. The molecule has 1 amide bonds. The maximum absolute atomic E-state index is 12.0. The van der Waals surface area contributed by atoms with Crippen LogP contribution in [0.5, 0.6) is 11.5 Å². The number of nitrogens with one attached hydrogen (secondary N) is 1. The molecule has 2 aromatic rings. The van der Waals surface area contributed by atoms with E-state index < -0.39 is 5.97 Å². The first kappa shape index (κ1) is 16.5. The van der Waals surface area contributed by atoms with Gasteiger partial charge in [0.25, 0.3) is 5.91 Å². The highest BCUT2D eigenvalue weighted by atomic mass is 16.5. The molecule has 5 nitrogen and oxygen atoms in total. The van der Waals surface area contributed by atoms with Crippen LogP contribution in [0.4, 0.5) is 0 Å². The van der Waals surface area contributed by atoms with Crippen molar-refractivity contribution in [3.8, 4) is 11.5 Å². The summed E-state index contributed by atoms with van der Waals surface area (Å²) in [6, 6.07) is 15.9. The minimum absolute atomic E-state index is 0.00352. The fraction of sp³-hybridized carbons (Fsp3) is 0.222. The number of ether oxygens (including phenoxy) is 2. The zero-order chi connectivity index (χ0) is 16.7. The Morgan fingerprint density at radius 1 is 1.00 bits per heavy atom. The molecule has 0 saturated heterocycles. The van der Waals surface area contributed by atoms with Crippen molar-refractivity contribution in [3.63, 3.8) is 0 Å². The monoisotopic (exact) mass is 313 g/mol. The van der Waals surface area contributed by atoms with Crippen molar-refractivity contribution < 1.29 is 19.1 Å². The third kappa shape index (κ3) is 5.47. The third-order valence-electron chi connectivity index (χ3n) is 2.83. The molecule has 0 aliphatic rings. The molecule has 1 N–H and O–H groups in total. The number of hydrogen-bond donors (Lipinski definition) is 1. The third-order valence-corrected chi connectivity index (χ3v) is 2.83. The molecule has 0 unspecified atom stereocenters. The van der Waals surface area contributed by atoms with Crippen LogP contribution in [0.3, 0.4) is 0 Å². The first-order chi connectivity index (χ1) is 11.0. The van der Waals surface area contributed by atoms with E-state index in [9.17, 15) is 9.59 Å². The lowest BCUT2D eigenvalue weighted by molar-refractivity contribution is -0.124. The average molecular weight is 313 g/mol. The number of hydrogen-bond acceptors (Lipinski definition) is 4. The minimum atomic E-state index is -0.567. The Kier molecular flexibility index (Phi) is 5.74. The second-order valence-electron chi connectivity index (χ2n) is 5.24. The van der Waals surface area contributed by atoms with Crippen LogP contribution in [0.2, 0.25) is 0 Å². The van der Waals surface area contributed by atoms with Crippen LogP contribution < -0.4 is 10.1 Å². The van der Waals surface area contributed by atoms with Gasteiger partial charge in [-0.15, -0.1) is 0 Å². The van der Waals surface area contributed by atoms with Crippen LogP contribution in [0, 0.1) is 0 Å². The van der Waals surface area contributed by atoms with Crippen LogP contribution in [0.1, 0.15) is 24.2 Å². The summed E-state index contributed by atoms with van der Waals surface area (Å²) >= 11 is 0. The van der Waals surface area contributed by atoms with E-state index in [-0.39, 0.29) is 18.6 Å². The molecule has 5 heteroatoms. The quantitative estimate of drug-likeness (QED) is 0.832. The van der Waals surface area contributed by atoms with Crippen LogP contribution >= 0.6 is 0 Å². The van der Waals surface area contributed by atoms with Crippen molar-refractivity contribution in [2.75, 3.05) is 6.61 Å². The van der Waals surface area contributed by atoms with Gasteiger partial charge in [0.1, 0.15) is 11.5 Å². The SMILES string of the molecule is CC(C)NC(=O)COC(=O)c1cccc(Oc2ccccc2)c1. The first-order valence-electron chi connectivity index (χ1n) is 7.34. The molecule has 0 spiro atoms. The number of esters is 1. The van der Waals surface area contributed by atoms with Gasteiger partial charge in [-0.3, -0.25) is 4.79 Å². The van der Waals surface area contributed by atoms with Crippen LogP contribution in [-0.2, 0) is 9.53 Å². The summed E-state index contributed by atoms with van der Waals surface area (Å²) in [6.07, 6.45) is 0. The molecular weight excluding hydrogens is 294 g/mol. The van der Waals surface area contributed by atoms with Gasteiger partial charge in [0, 0.05) is 6.04 Å². The van der Waals surface area contributed by atoms with Gasteiger partial charge >= 0.3 is 5.97 Å². The van der Waals surface area contributed by atoms with Crippen LogP contribution in [0.25, 0.3) is 0 Å². The lowest BCUT2D eigenvalue weighted by Crippen LogP contribution is -2.33. The molecule has 0 heterocycles. The number of rotatable bonds is 6. The highest BCUT2D eigenvalue weighted by Crippen LogP contribution is 2.22. The summed E-state index contributed by atoms with van der Waals surface area (Å²) in [7, 11) is 0. The highest BCUT2D eigenvalue weighted by molar-refractivity contribution is 5.91. The van der Waals surface area contributed by atoms with Crippen LogP contribution in [-0.4, -0.2) is 24.5 Å². The summed E-state index contributed by atoms with van der Waals surface area (Å²) < 4.78 is 10.6. The number of para-hydroxylation sites is 1. The Bertz CT molecular complexity index is 668. The Labute approximate surface area is 135 Å². The van der Waals surface area contributed by atoms with Gasteiger partial charge in [0.05, 0.1) is 5.56 Å². The van der Waals surface area contributed by atoms with Crippen molar-refractivity contribution in [2.45, 2.75) is 19.9 Å². The summed E-state index contributed by atoms with van der Waals surface area (Å²) in [4.78, 5) is 23.5. The molecule has 0 aliphatic carbocycles. The summed E-state index contributed by atoms with van der Waals surface area (Å²) in [5.41, 5.74) is 0.329. The summed E-state index contributed by atoms with van der Waals surface area (Å²) in [5.74, 6) is 0.305. The van der Waals surface area contributed by atoms with Crippen molar-refractivity contribution in [1.29, 1.82) is 0 Å². The Morgan fingerprint density at radius 3 is 2.39 bits per heavy atom. The van der Waals surface area contributed by atoms with Crippen molar-refractivity contribution in [1.82, 2.24) is 5.32 Å². The molecule has 0 atom stereocenters. The molecular formula is C18H19NO4. The van der Waals surface area contributed by atoms with E-state index in [4.69, 9.17) is 9.47 Å². The maximum Gasteiger partial charge on any atom is 0.338 e. The van der Waals surface area contributed by atoms with E-state index >= 15 is 0 Å². The van der Waals surface area contributed by atoms with E-state index in [1.54, 1.807) is 24.3 Å². The standard InChI is InChI=1S/C18H19NO4/c1-13(2)19-17(20)12-22-18(21)14-7-6-10-16(11-14)23-15-8-4-3-5-9-15/h3-11,13H,12H2,1-2H3,(H,19,20). The molecule has 23 heavy (non-hydrogen) atoms. The molecule has 0 radical (unpaired) electrons. The van der Waals surface area contributed by atoms with Gasteiger partial charge in [0.2, 0.25) is 0 Å². The number of carbonyl (C=O) groups excluding carboxylic acids is 2. The maximum atomic E-state index is 12.0. The molecule has 0 aromatic heterocycles. The minimum Gasteiger partial charge on any atom is -0.457 e. The molecule has 0 aliphatic heterocycles. The van der Waals surface area contributed by atoms with E-state index in [0.717, 1.165) is 0 Å². The fourth-order valence-electron chi connectivity index (χ4n) is 1.89. The first-order valence-corrected chi connectivity index (χ1v) is 7.34. The lowest BCUT2D eigenvalue weighted by Gasteiger charge is -2.10. The Balaban J connectivity index is 1.96. The number of benzene rings is 2. The van der Waals surface area contributed by atoms with E-state index in [1.807, 2.05) is 44.2 Å². The molecule has 120 valence electrons. The lowest BCUT2D eigenvalue weighted by atomic mass is 10.2. The number of carbonyl (C=O) groups is 2. The van der Waals surface area contributed by atoms with Gasteiger partial charge in [-0.2, -0.15) is 0 Å². The van der Waals surface area contributed by atoms with Gasteiger partial charge in [-0.25, -0.2) is 4.79 Å². The second-order valence-corrected chi connectivity index (χ2v) is 5.24. The van der Waals surface area contributed by atoms with Gasteiger partial charge < -0.3 is 14.8 Å². The van der Waals surface area contributed by atoms with Gasteiger partial charge in [-0.05, 0) is 44.2 Å². The molecule has 0 bridgehead atoms. The zero-order valence-corrected chi connectivity index (χ0v) is 13.1.